The molecule has 0 aromatic rings. The van der Waals surface area contributed by atoms with Gasteiger partial charge in [-0.3, -0.25) is 9.59 Å². The molecule has 4 nitrogen and oxygen atoms in total. The summed E-state index contributed by atoms with van der Waals surface area (Å²) < 4.78 is 9.02. The van der Waals surface area contributed by atoms with Crippen molar-refractivity contribution < 1.29 is 19.1 Å². The highest BCUT2D eigenvalue weighted by atomic mass is 32.1. The first-order valence-electron chi connectivity index (χ1n) is 3.64. The predicted molar refractivity (Wildman–Crippen MR) is 50.6 cm³/mol. The van der Waals surface area contributed by atoms with Crippen molar-refractivity contribution in [1.29, 1.82) is 0 Å². The summed E-state index contributed by atoms with van der Waals surface area (Å²) >= 11 is 3.87. The molecule has 0 amide bonds. The summed E-state index contributed by atoms with van der Waals surface area (Å²) in [5, 5.41) is -0.762. The van der Waals surface area contributed by atoms with E-state index in [-0.39, 0.29) is 13.0 Å². The fourth-order valence-corrected chi connectivity index (χ4v) is 0.843. The van der Waals surface area contributed by atoms with Gasteiger partial charge in [-0.2, -0.15) is 12.6 Å². The molecule has 0 saturated heterocycles. The van der Waals surface area contributed by atoms with Crippen LogP contribution in [0, 0.1) is 0 Å². The third kappa shape index (κ3) is 5.30. The Morgan fingerprint density at radius 2 is 2.23 bits per heavy atom. The Hall–Kier alpha value is -0.970. The van der Waals surface area contributed by atoms with Crippen LogP contribution < -0.4 is 0 Å². The van der Waals surface area contributed by atoms with E-state index < -0.39 is 17.2 Å². The van der Waals surface area contributed by atoms with Gasteiger partial charge in [0.1, 0.15) is 11.9 Å². The van der Waals surface area contributed by atoms with Gasteiger partial charge in [-0.25, -0.2) is 0 Å². The smallest absolute Gasteiger partial charge is 0.319 e. The van der Waals surface area contributed by atoms with Gasteiger partial charge in [0.2, 0.25) is 0 Å². The molecule has 1 atom stereocenters. The molecule has 0 aliphatic rings. The van der Waals surface area contributed by atoms with Crippen molar-refractivity contribution in [2.45, 2.75) is 11.7 Å². The minimum absolute atomic E-state index is 0.0936. The van der Waals surface area contributed by atoms with Crippen LogP contribution in [-0.2, 0) is 19.1 Å². The van der Waals surface area contributed by atoms with Crippen LogP contribution >= 0.6 is 12.6 Å². The first-order valence-corrected chi connectivity index (χ1v) is 4.15. The molecule has 0 aliphatic carbocycles. The van der Waals surface area contributed by atoms with Gasteiger partial charge in [0.05, 0.1) is 13.5 Å². The molecule has 1 unspecified atom stereocenters. The van der Waals surface area contributed by atoms with Gasteiger partial charge in [-0.05, 0) is 0 Å². The van der Waals surface area contributed by atoms with Crippen LogP contribution in [0.1, 0.15) is 6.42 Å². The van der Waals surface area contributed by atoms with E-state index in [9.17, 15) is 9.59 Å². The fraction of sp³-hybridized carbons (Fsp3) is 0.500. The quantitative estimate of drug-likeness (QED) is 0.404. The van der Waals surface area contributed by atoms with Crippen LogP contribution in [0.15, 0.2) is 12.7 Å². The maximum Gasteiger partial charge on any atom is 0.319 e. The van der Waals surface area contributed by atoms with Crippen LogP contribution in [0.25, 0.3) is 0 Å². The highest BCUT2D eigenvalue weighted by Crippen LogP contribution is 2.04. The lowest BCUT2D eigenvalue weighted by atomic mass is 10.3. The number of hydrogen-bond donors (Lipinski definition) is 1. The molecule has 0 aliphatic heterocycles. The molecule has 0 spiro atoms. The maximum absolute atomic E-state index is 10.9. The normalized spacial score (nSPS) is 11.5. The molecule has 0 fully saturated rings. The Labute approximate surface area is 82.3 Å². The second kappa shape index (κ2) is 6.54. The predicted octanol–water partition coefficient (Wildman–Crippen LogP) is 0.577. The fourth-order valence-electron chi connectivity index (χ4n) is 0.588. The largest absolute Gasteiger partial charge is 0.468 e. The molecule has 0 aromatic carbocycles. The van der Waals surface area contributed by atoms with Gasteiger partial charge >= 0.3 is 11.9 Å². The molecule has 0 heterocycles. The first-order chi connectivity index (χ1) is 6.11. The summed E-state index contributed by atoms with van der Waals surface area (Å²) in [6.45, 7) is 3.51. The van der Waals surface area contributed by atoms with Crippen molar-refractivity contribution in [3.8, 4) is 0 Å². The van der Waals surface area contributed by atoms with Crippen LogP contribution in [0.3, 0.4) is 0 Å². The topological polar surface area (TPSA) is 52.6 Å². The molecule has 13 heavy (non-hydrogen) atoms. The lowest BCUT2D eigenvalue weighted by molar-refractivity contribution is -0.147. The van der Waals surface area contributed by atoms with Crippen molar-refractivity contribution in [2.24, 2.45) is 0 Å². The van der Waals surface area contributed by atoms with E-state index in [2.05, 4.69) is 28.7 Å². The highest BCUT2D eigenvalue weighted by Gasteiger charge is 2.18. The van der Waals surface area contributed by atoms with Crippen molar-refractivity contribution in [3.05, 3.63) is 12.7 Å². The summed E-state index contributed by atoms with van der Waals surface area (Å²) in [6.07, 6.45) is 1.35. The minimum atomic E-state index is -0.762. The average Bonchev–Trinajstić information content (AvgIpc) is 2.13. The summed E-state index contributed by atoms with van der Waals surface area (Å²) in [5.74, 6) is -1.04. The number of methoxy groups -OCH3 is 1. The second-order valence-corrected chi connectivity index (χ2v) is 2.84. The summed E-state index contributed by atoms with van der Waals surface area (Å²) in [5.41, 5.74) is 0. The SMILES string of the molecule is C=CCOC(=O)CC(S)C(=O)OC. The highest BCUT2D eigenvalue weighted by molar-refractivity contribution is 7.81. The number of ether oxygens (including phenoxy) is 2. The van der Waals surface area contributed by atoms with E-state index in [1.54, 1.807) is 0 Å². The Balaban J connectivity index is 3.77. The average molecular weight is 204 g/mol. The number of thiol groups is 1. The number of hydrogen-bond acceptors (Lipinski definition) is 5. The summed E-state index contributed by atoms with van der Waals surface area (Å²) in [7, 11) is 1.24. The Kier molecular flexibility index (Phi) is 6.05. The maximum atomic E-state index is 10.9. The number of rotatable bonds is 5. The van der Waals surface area contributed by atoms with E-state index in [1.807, 2.05) is 0 Å². The zero-order valence-electron chi connectivity index (χ0n) is 7.36. The standard InChI is InChI=1S/C8H12O4S/c1-3-4-12-7(9)5-6(13)8(10)11-2/h3,6,13H,1,4-5H2,2H3. The molecule has 74 valence electrons. The van der Waals surface area contributed by atoms with Crippen LogP contribution in [0.2, 0.25) is 0 Å². The van der Waals surface area contributed by atoms with E-state index in [4.69, 9.17) is 0 Å². The number of carbonyl (C=O) groups excluding carboxylic acids is 2. The number of carbonyl (C=O) groups is 2. The molecule has 0 saturated carbocycles. The monoisotopic (exact) mass is 204 g/mol. The third-order valence-corrected chi connectivity index (χ3v) is 1.59. The van der Waals surface area contributed by atoms with E-state index in [0.29, 0.717) is 0 Å². The minimum Gasteiger partial charge on any atom is -0.468 e. The van der Waals surface area contributed by atoms with Crippen LogP contribution in [0.4, 0.5) is 0 Å². The van der Waals surface area contributed by atoms with Gasteiger partial charge in [-0.15, -0.1) is 0 Å². The van der Waals surface area contributed by atoms with Crippen LogP contribution in [-0.4, -0.2) is 30.9 Å². The van der Waals surface area contributed by atoms with E-state index >= 15 is 0 Å². The first kappa shape index (κ1) is 12.0. The van der Waals surface area contributed by atoms with Gasteiger partial charge in [-0.1, -0.05) is 12.7 Å². The lowest BCUT2D eigenvalue weighted by Crippen LogP contribution is -2.21. The van der Waals surface area contributed by atoms with Gasteiger partial charge in [0.25, 0.3) is 0 Å². The van der Waals surface area contributed by atoms with Gasteiger partial charge in [0, 0.05) is 0 Å². The Bertz CT molecular complexity index is 202. The zero-order chi connectivity index (χ0) is 10.3. The Morgan fingerprint density at radius 3 is 2.69 bits per heavy atom. The van der Waals surface area contributed by atoms with Gasteiger partial charge < -0.3 is 9.47 Å². The van der Waals surface area contributed by atoms with Crippen molar-refractivity contribution >= 4 is 24.6 Å². The van der Waals surface area contributed by atoms with E-state index in [1.165, 1.54) is 13.2 Å². The Morgan fingerprint density at radius 1 is 1.62 bits per heavy atom. The molecule has 0 aromatic heterocycles. The second-order valence-electron chi connectivity index (χ2n) is 2.21. The van der Waals surface area contributed by atoms with Gasteiger partial charge in [0.15, 0.2) is 0 Å². The molecule has 0 rings (SSSR count). The summed E-state index contributed by atoms with van der Waals surface area (Å²) in [4.78, 5) is 21.7. The molecular formula is C8H12O4S. The molecule has 0 radical (unpaired) electrons. The molecule has 5 heteroatoms. The molecule has 0 bridgehead atoms. The summed E-state index contributed by atoms with van der Waals surface area (Å²) in [6, 6.07) is 0. The number of esters is 2. The zero-order valence-corrected chi connectivity index (χ0v) is 8.25. The molecular weight excluding hydrogens is 192 g/mol. The third-order valence-electron chi connectivity index (χ3n) is 1.20. The van der Waals surface area contributed by atoms with Crippen LogP contribution in [0.5, 0.6) is 0 Å². The van der Waals surface area contributed by atoms with Crippen molar-refractivity contribution in [1.82, 2.24) is 0 Å². The van der Waals surface area contributed by atoms with Crippen molar-refractivity contribution in [3.63, 3.8) is 0 Å². The lowest BCUT2D eigenvalue weighted by Gasteiger charge is -2.06. The van der Waals surface area contributed by atoms with E-state index in [0.717, 1.165) is 0 Å². The van der Waals surface area contributed by atoms with Crippen molar-refractivity contribution in [2.75, 3.05) is 13.7 Å². The molecule has 0 N–H and O–H groups in total.